The van der Waals surface area contributed by atoms with Gasteiger partial charge in [-0.1, -0.05) is 0 Å². The van der Waals surface area contributed by atoms with Crippen molar-refractivity contribution in [2.75, 3.05) is 31.9 Å². The van der Waals surface area contributed by atoms with Gasteiger partial charge >= 0.3 is 5.97 Å². The Balaban J connectivity index is 2.84. The standard InChI is InChI=1S/C12H19N3O3/c1-8(4-5-17-2)15-11-10(12(16)18-3)6-9(13)7-14-11/h6-8H,4-5,13H2,1-3H3,(H,14,15). The molecule has 1 unspecified atom stereocenters. The van der Waals surface area contributed by atoms with E-state index in [0.29, 0.717) is 23.7 Å². The number of aromatic nitrogens is 1. The number of hydrogen-bond acceptors (Lipinski definition) is 6. The summed E-state index contributed by atoms with van der Waals surface area (Å²) in [7, 11) is 2.97. The van der Waals surface area contributed by atoms with Gasteiger partial charge in [0.15, 0.2) is 0 Å². The van der Waals surface area contributed by atoms with E-state index < -0.39 is 5.97 Å². The minimum Gasteiger partial charge on any atom is -0.465 e. The molecule has 0 aromatic carbocycles. The van der Waals surface area contributed by atoms with Crippen LogP contribution in [0.4, 0.5) is 11.5 Å². The second-order valence-electron chi connectivity index (χ2n) is 3.98. The maximum atomic E-state index is 11.6. The molecule has 0 aliphatic heterocycles. The summed E-state index contributed by atoms with van der Waals surface area (Å²) in [5.41, 5.74) is 6.37. The molecule has 1 atom stereocenters. The maximum absolute atomic E-state index is 11.6. The van der Waals surface area contributed by atoms with Crippen LogP contribution in [0.15, 0.2) is 12.3 Å². The largest absolute Gasteiger partial charge is 0.465 e. The Morgan fingerprint density at radius 3 is 2.89 bits per heavy atom. The first-order valence-electron chi connectivity index (χ1n) is 5.67. The summed E-state index contributed by atoms with van der Waals surface area (Å²) in [6.07, 6.45) is 2.31. The number of ether oxygens (including phenoxy) is 2. The van der Waals surface area contributed by atoms with Gasteiger partial charge in [-0.05, 0) is 19.4 Å². The summed E-state index contributed by atoms with van der Waals surface area (Å²) in [6, 6.07) is 1.67. The molecule has 0 radical (unpaired) electrons. The molecule has 1 rings (SSSR count). The number of methoxy groups -OCH3 is 2. The van der Waals surface area contributed by atoms with E-state index in [4.69, 9.17) is 15.2 Å². The van der Waals surface area contributed by atoms with Crippen molar-refractivity contribution in [1.29, 1.82) is 0 Å². The molecule has 100 valence electrons. The molecule has 0 aliphatic carbocycles. The van der Waals surface area contributed by atoms with Crippen molar-refractivity contribution in [3.05, 3.63) is 17.8 Å². The lowest BCUT2D eigenvalue weighted by molar-refractivity contribution is 0.0601. The monoisotopic (exact) mass is 253 g/mol. The highest BCUT2D eigenvalue weighted by molar-refractivity contribution is 5.95. The van der Waals surface area contributed by atoms with E-state index in [0.717, 1.165) is 6.42 Å². The van der Waals surface area contributed by atoms with Crippen LogP contribution in [0.2, 0.25) is 0 Å². The van der Waals surface area contributed by atoms with Crippen LogP contribution in [0, 0.1) is 0 Å². The molecule has 0 saturated heterocycles. The minimum atomic E-state index is -0.462. The van der Waals surface area contributed by atoms with Crippen molar-refractivity contribution >= 4 is 17.5 Å². The van der Waals surface area contributed by atoms with E-state index in [9.17, 15) is 4.79 Å². The fourth-order valence-corrected chi connectivity index (χ4v) is 1.46. The molecule has 3 N–H and O–H groups in total. The van der Waals surface area contributed by atoms with Gasteiger partial charge in [0.2, 0.25) is 0 Å². The number of nitrogens with two attached hydrogens (primary N) is 1. The quantitative estimate of drug-likeness (QED) is 0.743. The van der Waals surface area contributed by atoms with Gasteiger partial charge in [0.1, 0.15) is 11.4 Å². The number of nitrogens with zero attached hydrogens (tertiary/aromatic N) is 1. The van der Waals surface area contributed by atoms with Gasteiger partial charge < -0.3 is 20.5 Å². The third-order valence-electron chi connectivity index (χ3n) is 2.45. The van der Waals surface area contributed by atoms with Gasteiger partial charge in [0.05, 0.1) is 19.0 Å². The van der Waals surface area contributed by atoms with Crippen LogP contribution in [-0.4, -0.2) is 37.8 Å². The normalized spacial score (nSPS) is 11.9. The number of esters is 1. The molecule has 6 heteroatoms. The average molecular weight is 253 g/mol. The number of nitrogen functional groups attached to an aromatic ring is 1. The summed E-state index contributed by atoms with van der Waals surface area (Å²) < 4.78 is 9.69. The summed E-state index contributed by atoms with van der Waals surface area (Å²) >= 11 is 0. The van der Waals surface area contributed by atoms with Gasteiger partial charge in [-0.2, -0.15) is 0 Å². The van der Waals surface area contributed by atoms with Crippen LogP contribution in [0.25, 0.3) is 0 Å². The summed E-state index contributed by atoms with van der Waals surface area (Å²) in [5.74, 6) is 0.0101. The first kappa shape index (κ1) is 14.2. The highest BCUT2D eigenvalue weighted by Crippen LogP contribution is 2.18. The Bertz CT molecular complexity index is 410. The number of carbonyl (C=O) groups is 1. The Hall–Kier alpha value is -1.82. The number of pyridine rings is 1. The smallest absolute Gasteiger partial charge is 0.341 e. The van der Waals surface area contributed by atoms with E-state index in [1.165, 1.54) is 13.3 Å². The Morgan fingerprint density at radius 1 is 1.56 bits per heavy atom. The highest BCUT2D eigenvalue weighted by Gasteiger charge is 2.15. The van der Waals surface area contributed by atoms with Gasteiger partial charge in [-0.3, -0.25) is 0 Å². The van der Waals surface area contributed by atoms with E-state index >= 15 is 0 Å². The summed E-state index contributed by atoms with van der Waals surface area (Å²) in [5, 5.41) is 3.14. The van der Waals surface area contributed by atoms with Crippen LogP contribution in [0.3, 0.4) is 0 Å². The Kier molecular flexibility index (Phi) is 5.38. The fourth-order valence-electron chi connectivity index (χ4n) is 1.46. The predicted molar refractivity (Wildman–Crippen MR) is 69.6 cm³/mol. The van der Waals surface area contributed by atoms with E-state index in [1.807, 2.05) is 6.92 Å². The number of carbonyl (C=O) groups excluding carboxylic acids is 1. The molecule has 0 spiro atoms. The van der Waals surface area contributed by atoms with Gasteiger partial charge in [-0.15, -0.1) is 0 Å². The van der Waals surface area contributed by atoms with Crippen LogP contribution in [0.5, 0.6) is 0 Å². The average Bonchev–Trinajstić information content (AvgIpc) is 2.37. The highest BCUT2D eigenvalue weighted by atomic mass is 16.5. The molecule has 0 bridgehead atoms. The second-order valence-corrected chi connectivity index (χ2v) is 3.98. The van der Waals surface area contributed by atoms with Crippen LogP contribution >= 0.6 is 0 Å². The zero-order valence-electron chi connectivity index (χ0n) is 10.9. The molecular formula is C12H19N3O3. The number of nitrogens with one attached hydrogen (secondary N) is 1. The Morgan fingerprint density at radius 2 is 2.28 bits per heavy atom. The Labute approximate surface area is 106 Å². The van der Waals surface area contributed by atoms with Crippen LogP contribution in [0.1, 0.15) is 23.7 Å². The van der Waals surface area contributed by atoms with Crippen molar-refractivity contribution in [2.45, 2.75) is 19.4 Å². The van der Waals surface area contributed by atoms with Crippen LogP contribution in [-0.2, 0) is 9.47 Å². The fraction of sp³-hybridized carbons (Fsp3) is 0.500. The first-order valence-corrected chi connectivity index (χ1v) is 5.67. The third-order valence-corrected chi connectivity index (χ3v) is 2.45. The number of rotatable bonds is 6. The zero-order valence-corrected chi connectivity index (χ0v) is 10.9. The van der Waals surface area contributed by atoms with Crippen molar-refractivity contribution in [1.82, 2.24) is 4.98 Å². The van der Waals surface area contributed by atoms with E-state index in [2.05, 4.69) is 10.3 Å². The molecule has 1 heterocycles. The SMILES string of the molecule is COCCC(C)Nc1ncc(N)cc1C(=O)OC. The van der Waals surface area contributed by atoms with E-state index in [-0.39, 0.29) is 6.04 Å². The van der Waals surface area contributed by atoms with Crippen molar-refractivity contribution < 1.29 is 14.3 Å². The molecule has 0 amide bonds. The summed E-state index contributed by atoms with van der Waals surface area (Å²) in [6.45, 7) is 2.62. The maximum Gasteiger partial charge on any atom is 0.341 e. The predicted octanol–water partition coefficient (Wildman–Crippen LogP) is 1.29. The lowest BCUT2D eigenvalue weighted by Gasteiger charge is -2.16. The topological polar surface area (TPSA) is 86.5 Å². The number of hydrogen-bond donors (Lipinski definition) is 2. The lowest BCUT2D eigenvalue weighted by atomic mass is 10.2. The molecule has 1 aromatic rings. The molecule has 0 aliphatic rings. The van der Waals surface area contributed by atoms with Crippen molar-refractivity contribution in [3.8, 4) is 0 Å². The second kappa shape index (κ2) is 6.80. The number of anilines is 2. The van der Waals surface area contributed by atoms with Gasteiger partial charge in [-0.25, -0.2) is 9.78 Å². The molecule has 18 heavy (non-hydrogen) atoms. The zero-order chi connectivity index (χ0) is 13.5. The van der Waals surface area contributed by atoms with Crippen molar-refractivity contribution in [3.63, 3.8) is 0 Å². The van der Waals surface area contributed by atoms with E-state index in [1.54, 1.807) is 13.2 Å². The first-order chi connectivity index (χ1) is 8.58. The minimum absolute atomic E-state index is 0.129. The molecular weight excluding hydrogens is 234 g/mol. The molecule has 0 fully saturated rings. The summed E-state index contributed by atoms with van der Waals surface area (Å²) in [4.78, 5) is 15.7. The molecule has 1 aromatic heterocycles. The van der Waals surface area contributed by atoms with Gasteiger partial charge in [0, 0.05) is 19.8 Å². The lowest BCUT2D eigenvalue weighted by Crippen LogP contribution is -2.20. The molecule has 0 saturated carbocycles. The van der Waals surface area contributed by atoms with Gasteiger partial charge in [0.25, 0.3) is 0 Å². The van der Waals surface area contributed by atoms with Crippen LogP contribution < -0.4 is 11.1 Å². The van der Waals surface area contributed by atoms with Crippen molar-refractivity contribution in [2.24, 2.45) is 0 Å². The molecule has 6 nitrogen and oxygen atoms in total. The third kappa shape index (κ3) is 3.89.